The van der Waals surface area contributed by atoms with Crippen molar-refractivity contribution in [3.8, 4) is 17.2 Å². The Kier molecular flexibility index (Phi) is 6.97. The van der Waals surface area contributed by atoms with E-state index in [2.05, 4.69) is 15.7 Å². The molecule has 0 aliphatic heterocycles. The van der Waals surface area contributed by atoms with Crippen LogP contribution in [0.4, 0.5) is 11.4 Å². The van der Waals surface area contributed by atoms with Gasteiger partial charge in [-0.3, -0.25) is 4.79 Å². The molecular weight excluding hydrogens is 392 g/mol. The van der Waals surface area contributed by atoms with E-state index >= 15 is 0 Å². The maximum absolute atomic E-state index is 12.6. The summed E-state index contributed by atoms with van der Waals surface area (Å²) in [5, 5.41) is 10.8. The van der Waals surface area contributed by atoms with Gasteiger partial charge in [0.15, 0.2) is 0 Å². The van der Waals surface area contributed by atoms with Crippen molar-refractivity contribution < 1.29 is 14.3 Å². The number of benzene rings is 2. The summed E-state index contributed by atoms with van der Waals surface area (Å²) in [7, 11) is 0. The third-order valence-electron chi connectivity index (χ3n) is 3.99. The fourth-order valence-electron chi connectivity index (χ4n) is 2.78. The summed E-state index contributed by atoms with van der Waals surface area (Å²) >= 11 is 6.13. The number of carbonyl (C=O) groups excluding carboxylic acids is 1. The topological polar surface area (TPSA) is 77.4 Å². The van der Waals surface area contributed by atoms with Crippen LogP contribution in [0.3, 0.4) is 0 Å². The molecule has 1 aromatic heterocycles. The SMILES string of the molecule is CCOc1ccc(OCC)c(NC(=O)CNc2cc(Cl)ccc2-n2cccn2)c1. The van der Waals surface area contributed by atoms with Crippen LogP contribution < -0.4 is 20.1 Å². The second-order valence-electron chi connectivity index (χ2n) is 6.04. The van der Waals surface area contributed by atoms with Crippen molar-refractivity contribution in [3.05, 3.63) is 59.9 Å². The van der Waals surface area contributed by atoms with Crippen molar-refractivity contribution in [2.24, 2.45) is 0 Å². The third kappa shape index (κ3) is 5.42. The molecule has 3 aromatic rings. The van der Waals surface area contributed by atoms with Crippen molar-refractivity contribution in [3.63, 3.8) is 0 Å². The summed E-state index contributed by atoms with van der Waals surface area (Å²) in [5.41, 5.74) is 2.05. The summed E-state index contributed by atoms with van der Waals surface area (Å²) in [6.07, 6.45) is 3.51. The zero-order chi connectivity index (χ0) is 20.6. The Hall–Kier alpha value is -3.19. The molecular formula is C21H23ClN4O3. The number of aromatic nitrogens is 2. The van der Waals surface area contributed by atoms with E-state index in [1.54, 1.807) is 35.1 Å². The molecule has 0 bridgehead atoms. The van der Waals surface area contributed by atoms with Gasteiger partial charge < -0.3 is 20.1 Å². The molecule has 0 spiro atoms. The zero-order valence-electron chi connectivity index (χ0n) is 16.3. The quantitative estimate of drug-likeness (QED) is 0.543. The lowest BCUT2D eigenvalue weighted by atomic mass is 10.2. The fourth-order valence-corrected chi connectivity index (χ4v) is 2.95. The Labute approximate surface area is 174 Å². The lowest BCUT2D eigenvalue weighted by Crippen LogP contribution is -2.22. The Morgan fingerprint density at radius 1 is 1.10 bits per heavy atom. The molecule has 0 aliphatic carbocycles. The molecule has 0 aliphatic rings. The van der Waals surface area contributed by atoms with E-state index in [-0.39, 0.29) is 12.5 Å². The third-order valence-corrected chi connectivity index (χ3v) is 4.22. The Morgan fingerprint density at radius 3 is 2.66 bits per heavy atom. The van der Waals surface area contributed by atoms with Crippen molar-refractivity contribution in [1.29, 1.82) is 0 Å². The highest BCUT2D eigenvalue weighted by atomic mass is 35.5. The minimum atomic E-state index is -0.231. The van der Waals surface area contributed by atoms with Crippen LogP contribution in [-0.4, -0.2) is 35.4 Å². The minimum absolute atomic E-state index is 0.0407. The van der Waals surface area contributed by atoms with E-state index in [4.69, 9.17) is 21.1 Å². The Balaban J connectivity index is 1.72. The Bertz CT molecular complexity index is 961. The molecule has 7 nitrogen and oxygen atoms in total. The maximum Gasteiger partial charge on any atom is 0.243 e. The summed E-state index contributed by atoms with van der Waals surface area (Å²) in [6.45, 7) is 4.86. The number of nitrogens with one attached hydrogen (secondary N) is 2. The summed E-state index contributed by atoms with van der Waals surface area (Å²) in [5.74, 6) is 1.02. The van der Waals surface area contributed by atoms with Gasteiger partial charge in [-0.1, -0.05) is 11.6 Å². The second-order valence-corrected chi connectivity index (χ2v) is 6.47. The average molecular weight is 415 g/mol. The predicted molar refractivity (Wildman–Crippen MR) is 114 cm³/mol. The van der Waals surface area contributed by atoms with Crippen molar-refractivity contribution in [1.82, 2.24) is 9.78 Å². The predicted octanol–water partition coefficient (Wildman–Crippen LogP) is 4.37. The van der Waals surface area contributed by atoms with Gasteiger partial charge in [0.1, 0.15) is 11.5 Å². The number of amides is 1. The number of halogens is 1. The summed E-state index contributed by atoms with van der Waals surface area (Å²) in [4.78, 5) is 12.6. The molecule has 0 saturated heterocycles. The normalized spacial score (nSPS) is 10.4. The van der Waals surface area contributed by atoms with Gasteiger partial charge >= 0.3 is 0 Å². The van der Waals surface area contributed by atoms with Gasteiger partial charge in [-0.15, -0.1) is 0 Å². The molecule has 3 rings (SSSR count). The number of carbonyl (C=O) groups is 1. The zero-order valence-corrected chi connectivity index (χ0v) is 17.1. The monoisotopic (exact) mass is 414 g/mol. The molecule has 0 atom stereocenters. The van der Waals surface area contributed by atoms with Crippen LogP contribution in [0.25, 0.3) is 5.69 Å². The number of nitrogens with zero attached hydrogens (tertiary/aromatic N) is 2. The van der Waals surface area contributed by atoms with Crippen LogP contribution in [0.15, 0.2) is 54.9 Å². The number of hydrogen-bond donors (Lipinski definition) is 2. The van der Waals surface area contributed by atoms with E-state index in [9.17, 15) is 4.79 Å². The van der Waals surface area contributed by atoms with E-state index in [0.29, 0.717) is 41.1 Å². The van der Waals surface area contributed by atoms with Gasteiger partial charge in [-0.2, -0.15) is 5.10 Å². The minimum Gasteiger partial charge on any atom is -0.494 e. The van der Waals surface area contributed by atoms with Crippen LogP contribution in [0.2, 0.25) is 5.02 Å². The molecule has 0 unspecified atom stereocenters. The van der Waals surface area contributed by atoms with E-state index in [0.717, 1.165) is 5.69 Å². The van der Waals surface area contributed by atoms with Crippen LogP contribution in [0.5, 0.6) is 11.5 Å². The van der Waals surface area contributed by atoms with Gasteiger partial charge in [0, 0.05) is 23.5 Å². The summed E-state index contributed by atoms with van der Waals surface area (Å²) in [6, 6.07) is 12.5. The van der Waals surface area contributed by atoms with Crippen molar-refractivity contribution in [2.75, 3.05) is 30.4 Å². The van der Waals surface area contributed by atoms with Gasteiger partial charge in [-0.05, 0) is 50.2 Å². The average Bonchev–Trinajstić information content (AvgIpc) is 3.23. The van der Waals surface area contributed by atoms with Gasteiger partial charge in [0.05, 0.1) is 36.8 Å². The van der Waals surface area contributed by atoms with Crippen LogP contribution in [-0.2, 0) is 4.79 Å². The fraction of sp³-hybridized carbons (Fsp3) is 0.238. The lowest BCUT2D eigenvalue weighted by Gasteiger charge is -2.15. The lowest BCUT2D eigenvalue weighted by molar-refractivity contribution is -0.114. The standard InChI is InChI=1S/C21H23ClN4O3/c1-3-28-16-7-9-20(29-4-2)18(13-16)25-21(27)14-23-17-12-15(22)6-8-19(17)26-11-5-10-24-26/h5-13,23H,3-4,14H2,1-2H3,(H,25,27). The van der Waals surface area contributed by atoms with Crippen molar-refractivity contribution in [2.45, 2.75) is 13.8 Å². The maximum atomic E-state index is 12.6. The highest BCUT2D eigenvalue weighted by Crippen LogP contribution is 2.29. The smallest absolute Gasteiger partial charge is 0.243 e. The molecule has 1 heterocycles. The molecule has 2 N–H and O–H groups in total. The Morgan fingerprint density at radius 2 is 1.93 bits per heavy atom. The van der Waals surface area contributed by atoms with E-state index in [1.807, 2.05) is 38.2 Å². The highest BCUT2D eigenvalue weighted by Gasteiger charge is 2.12. The van der Waals surface area contributed by atoms with Crippen LogP contribution >= 0.6 is 11.6 Å². The molecule has 8 heteroatoms. The van der Waals surface area contributed by atoms with Gasteiger partial charge in [0.25, 0.3) is 0 Å². The van der Waals surface area contributed by atoms with Gasteiger partial charge in [0.2, 0.25) is 5.91 Å². The first-order valence-electron chi connectivity index (χ1n) is 9.33. The number of ether oxygens (including phenoxy) is 2. The second kappa shape index (κ2) is 9.84. The first-order valence-corrected chi connectivity index (χ1v) is 9.71. The van der Waals surface area contributed by atoms with Crippen molar-refractivity contribution >= 4 is 28.9 Å². The first-order chi connectivity index (χ1) is 14.1. The van der Waals surface area contributed by atoms with E-state index in [1.165, 1.54) is 0 Å². The number of hydrogen-bond acceptors (Lipinski definition) is 5. The largest absolute Gasteiger partial charge is 0.494 e. The molecule has 1 amide bonds. The molecule has 2 aromatic carbocycles. The molecule has 29 heavy (non-hydrogen) atoms. The number of rotatable bonds is 9. The molecule has 0 fully saturated rings. The molecule has 0 radical (unpaired) electrons. The highest BCUT2D eigenvalue weighted by molar-refractivity contribution is 6.31. The summed E-state index contributed by atoms with van der Waals surface area (Å²) < 4.78 is 12.8. The molecule has 152 valence electrons. The number of anilines is 2. The van der Waals surface area contributed by atoms with E-state index < -0.39 is 0 Å². The van der Waals surface area contributed by atoms with Crippen LogP contribution in [0.1, 0.15) is 13.8 Å². The first kappa shape index (κ1) is 20.5. The van der Waals surface area contributed by atoms with Crippen LogP contribution in [0, 0.1) is 0 Å². The molecule has 0 saturated carbocycles. The van der Waals surface area contributed by atoms with Gasteiger partial charge in [-0.25, -0.2) is 4.68 Å².